The number of carboxylic acids is 1. The number of hydrogen-bond acceptors (Lipinski definition) is 4. The van der Waals surface area contributed by atoms with E-state index in [1.807, 2.05) is 6.92 Å². The van der Waals surface area contributed by atoms with Gasteiger partial charge >= 0.3 is 5.97 Å². The predicted octanol–water partition coefficient (Wildman–Crippen LogP) is 1.79. The fourth-order valence-electron chi connectivity index (χ4n) is 3.37. The summed E-state index contributed by atoms with van der Waals surface area (Å²) >= 11 is 0. The number of carbonyl (C=O) groups excluding carboxylic acids is 1. The van der Waals surface area contributed by atoms with Crippen LogP contribution < -0.4 is 0 Å². The molecule has 0 aromatic heterocycles. The normalized spacial score (nSPS) is 18.3. The molecule has 1 N–H and O–H groups in total. The summed E-state index contributed by atoms with van der Waals surface area (Å²) in [5, 5.41) is 9.18. The van der Waals surface area contributed by atoms with Crippen LogP contribution in [0.25, 0.3) is 0 Å². The van der Waals surface area contributed by atoms with E-state index in [1.165, 1.54) is 9.21 Å². The fraction of sp³-hybridized carbons (Fsp3) is 0.882. The Kier molecular flexibility index (Phi) is 8.34. The first-order valence-electron chi connectivity index (χ1n) is 9.11. The molecule has 1 aliphatic heterocycles. The summed E-state index contributed by atoms with van der Waals surface area (Å²) in [6.07, 6.45) is 2.18. The largest absolute Gasteiger partial charge is 0.480 e. The van der Waals surface area contributed by atoms with Gasteiger partial charge in [0.15, 0.2) is 0 Å². The first kappa shape index (κ1) is 21.9. The van der Waals surface area contributed by atoms with Crippen LogP contribution in [0.2, 0.25) is 0 Å². The summed E-state index contributed by atoms with van der Waals surface area (Å²) in [7, 11) is -3.23. The monoisotopic (exact) mass is 376 g/mol. The van der Waals surface area contributed by atoms with Crippen LogP contribution in [0.3, 0.4) is 0 Å². The van der Waals surface area contributed by atoms with Crippen LogP contribution in [0.5, 0.6) is 0 Å². The Balaban J connectivity index is 2.80. The standard InChI is InChI=1S/C17H32N2O5S/c1-5-14(13(3)4)11-16(20)19(12-17(21)22)15-7-9-18(10-8-15)25(23,24)6-2/h13-15H,5-12H2,1-4H3,(H,21,22). The molecule has 0 radical (unpaired) electrons. The van der Waals surface area contributed by atoms with Crippen molar-refractivity contribution in [2.75, 3.05) is 25.4 Å². The lowest BCUT2D eigenvalue weighted by atomic mass is 9.89. The van der Waals surface area contributed by atoms with E-state index in [0.29, 0.717) is 38.3 Å². The van der Waals surface area contributed by atoms with E-state index >= 15 is 0 Å². The van der Waals surface area contributed by atoms with E-state index in [-0.39, 0.29) is 30.2 Å². The average Bonchev–Trinajstić information content (AvgIpc) is 2.57. The Labute approximate surface area is 151 Å². The number of rotatable bonds is 9. The molecule has 1 aliphatic rings. The highest BCUT2D eigenvalue weighted by Gasteiger charge is 2.33. The summed E-state index contributed by atoms with van der Waals surface area (Å²) in [6.45, 7) is 8.13. The van der Waals surface area contributed by atoms with E-state index < -0.39 is 16.0 Å². The van der Waals surface area contributed by atoms with Crippen molar-refractivity contribution in [1.82, 2.24) is 9.21 Å². The topological polar surface area (TPSA) is 95.0 Å². The van der Waals surface area contributed by atoms with Crippen molar-refractivity contribution in [3.63, 3.8) is 0 Å². The zero-order valence-electron chi connectivity index (χ0n) is 15.8. The predicted molar refractivity (Wildman–Crippen MR) is 96.6 cm³/mol. The molecule has 1 amide bonds. The molecular weight excluding hydrogens is 344 g/mol. The van der Waals surface area contributed by atoms with Gasteiger partial charge in [-0.05, 0) is 31.6 Å². The summed E-state index contributed by atoms with van der Waals surface area (Å²) in [5.41, 5.74) is 0. The van der Waals surface area contributed by atoms with Gasteiger partial charge in [-0.25, -0.2) is 12.7 Å². The number of carbonyl (C=O) groups is 2. The Hall–Kier alpha value is -1.15. The van der Waals surface area contributed by atoms with Crippen LogP contribution in [0.4, 0.5) is 0 Å². The molecule has 0 aromatic rings. The van der Waals surface area contributed by atoms with Crippen molar-refractivity contribution >= 4 is 21.9 Å². The van der Waals surface area contributed by atoms with E-state index in [9.17, 15) is 23.1 Å². The third-order valence-corrected chi connectivity index (χ3v) is 7.03. The third-order valence-electron chi connectivity index (χ3n) is 5.15. The van der Waals surface area contributed by atoms with Crippen molar-refractivity contribution in [3.05, 3.63) is 0 Å². The molecule has 1 rings (SSSR count). The molecule has 8 heteroatoms. The van der Waals surface area contributed by atoms with Crippen LogP contribution in [-0.2, 0) is 19.6 Å². The molecule has 1 heterocycles. The number of aliphatic carboxylic acids is 1. The first-order chi connectivity index (χ1) is 11.6. The van der Waals surface area contributed by atoms with Gasteiger partial charge in [0.2, 0.25) is 15.9 Å². The first-order valence-corrected chi connectivity index (χ1v) is 10.7. The maximum Gasteiger partial charge on any atom is 0.323 e. The van der Waals surface area contributed by atoms with Gasteiger partial charge < -0.3 is 10.0 Å². The molecule has 0 spiro atoms. The lowest BCUT2D eigenvalue weighted by Gasteiger charge is -2.38. The average molecular weight is 377 g/mol. The van der Waals surface area contributed by atoms with Gasteiger partial charge in [0, 0.05) is 25.6 Å². The van der Waals surface area contributed by atoms with Gasteiger partial charge in [-0.1, -0.05) is 27.2 Å². The molecule has 1 atom stereocenters. The molecular formula is C17H32N2O5S. The van der Waals surface area contributed by atoms with Crippen molar-refractivity contribution < 1.29 is 23.1 Å². The number of carboxylic acid groups (broad SMARTS) is 1. The molecule has 7 nitrogen and oxygen atoms in total. The number of hydrogen-bond donors (Lipinski definition) is 1. The molecule has 146 valence electrons. The highest BCUT2D eigenvalue weighted by atomic mass is 32.2. The molecule has 1 unspecified atom stereocenters. The molecule has 0 bridgehead atoms. The van der Waals surface area contributed by atoms with Crippen LogP contribution in [0.15, 0.2) is 0 Å². The van der Waals surface area contributed by atoms with Crippen molar-refractivity contribution in [2.24, 2.45) is 11.8 Å². The van der Waals surface area contributed by atoms with Crippen molar-refractivity contribution in [3.8, 4) is 0 Å². The molecule has 1 fully saturated rings. The third kappa shape index (κ3) is 6.26. The Morgan fingerprint density at radius 1 is 1.20 bits per heavy atom. The Morgan fingerprint density at radius 3 is 2.16 bits per heavy atom. The van der Waals surface area contributed by atoms with Crippen molar-refractivity contribution in [2.45, 2.75) is 59.4 Å². The molecule has 25 heavy (non-hydrogen) atoms. The van der Waals surface area contributed by atoms with Gasteiger partial charge in [-0.15, -0.1) is 0 Å². The maximum atomic E-state index is 12.7. The van der Waals surface area contributed by atoms with Gasteiger partial charge in [-0.2, -0.15) is 0 Å². The lowest BCUT2D eigenvalue weighted by molar-refractivity contribution is -0.147. The Morgan fingerprint density at radius 2 is 1.76 bits per heavy atom. The number of nitrogens with zero attached hydrogens (tertiary/aromatic N) is 2. The summed E-state index contributed by atoms with van der Waals surface area (Å²) in [6, 6.07) is -0.212. The van der Waals surface area contributed by atoms with Crippen molar-refractivity contribution in [1.29, 1.82) is 0 Å². The van der Waals surface area contributed by atoms with Crippen LogP contribution in [-0.4, -0.2) is 66.0 Å². The second kappa shape index (κ2) is 9.52. The quantitative estimate of drug-likeness (QED) is 0.662. The number of piperidine rings is 1. The minimum absolute atomic E-state index is 0.0575. The Bertz CT molecular complexity index is 553. The second-order valence-corrected chi connectivity index (χ2v) is 9.32. The lowest BCUT2D eigenvalue weighted by Crippen LogP contribution is -2.50. The van der Waals surface area contributed by atoms with Crippen LogP contribution in [0, 0.1) is 11.8 Å². The summed E-state index contributed by atoms with van der Waals surface area (Å²) < 4.78 is 25.3. The zero-order chi connectivity index (χ0) is 19.2. The van der Waals surface area contributed by atoms with E-state index in [1.54, 1.807) is 6.92 Å². The second-order valence-electron chi connectivity index (χ2n) is 7.06. The van der Waals surface area contributed by atoms with E-state index in [2.05, 4.69) is 13.8 Å². The van der Waals surface area contributed by atoms with Gasteiger partial charge in [0.05, 0.1) is 5.75 Å². The molecule has 0 aromatic carbocycles. The van der Waals surface area contributed by atoms with Crippen LogP contribution in [0.1, 0.15) is 53.4 Å². The minimum atomic E-state index is -3.23. The highest BCUT2D eigenvalue weighted by Crippen LogP contribution is 2.24. The molecule has 0 saturated carbocycles. The number of sulfonamides is 1. The van der Waals surface area contributed by atoms with Crippen LogP contribution >= 0.6 is 0 Å². The zero-order valence-corrected chi connectivity index (χ0v) is 16.6. The van der Waals surface area contributed by atoms with Gasteiger partial charge in [0.1, 0.15) is 6.54 Å². The number of amides is 1. The van der Waals surface area contributed by atoms with Gasteiger partial charge in [0.25, 0.3) is 0 Å². The van der Waals surface area contributed by atoms with Gasteiger partial charge in [-0.3, -0.25) is 9.59 Å². The van der Waals surface area contributed by atoms with E-state index in [4.69, 9.17) is 0 Å². The summed E-state index contributed by atoms with van der Waals surface area (Å²) in [5.74, 6) is -0.530. The SMILES string of the molecule is CCC(CC(=O)N(CC(=O)O)C1CCN(S(=O)(=O)CC)CC1)C(C)C. The minimum Gasteiger partial charge on any atom is -0.480 e. The maximum absolute atomic E-state index is 12.7. The smallest absolute Gasteiger partial charge is 0.323 e. The molecule has 1 saturated heterocycles. The summed E-state index contributed by atoms with van der Waals surface area (Å²) in [4.78, 5) is 25.4. The highest BCUT2D eigenvalue weighted by molar-refractivity contribution is 7.89. The fourth-order valence-corrected chi connectivity index (χ4v) is 4.51. The molecule has 0 aliphatic carbocycles. The van der Waals surface area contributed by atoms with E-state index in [0.717, 1.165) is 6.42 Å².